The van der Waals surface area contributed by atoms with Crippen LogP contribution in [0.2, 0.25) is 0 Å². The van der Waals surface area contributed by atoms with Gasteiger partial charge in [0, 0.05) is 31.7 Å². The van der Waals surface area contributed by atoms with Crippen LogP contribution >= 0.6 is 0 Å². The predicted molar refractivity (Wildman–Crippen MR) is 72.1 cm³/mol. The maximum absolute atomic E-state index is 10.8. The highest BCUT2D eigenvalue weighted by Crippen LogP contribution is 2.50. The van der Waals surface area contributed by atoms with Crippen LogP contribution in [-0.4, -0.2) is 43.3 Å². The number of aromatic nitrogens is 1. The third-order valence-corrected chi connectivity index (χ3v) is 4.25. The van der Waals surface area contributed by atoms with E-state index in [1.165, 1.54) is 13.2 Å². The van der Waals surface area contributed by atoms with E-state index in [-0.39, 0.29) is 11.6 Å². The Bertz CT molecular complexity index is 534. The highest BCUT2D eigenvalue weighted by molar-refractivity contribution is 5.52. The van der Waals surface area contributed by atoms with Crippen molar-refractivity contribution in [3.8, 4) is 5.88 Å². The summed E-state index contributed by atoms with van der Waals surface area (Å²) in [6.45, 7) is 1.86. The second-order valence-corrected chi connectivity index (χ2v) is 5.58. The number of anilines is 1. The number of rotatable bonds is 4. The minimum Gasteiger partial charge on any atom is -0.476 e. The van der Waals surface area contributed by atoms with E-state index in [9.17, 15) is 10.1 Å². The van der Waals surface area contributed by atoms with Crippen molar-refractivity contribution in [1.29, 1.82) is 0 Å². The van der Waals surface area contributed by atoms with Crippen LogP contribution in [-0.2, 0) is 4.74 Å². The molecule has 108 valence electrons. The lowest BCUT2D eigenvalue weighted by molar-refractivity contribution is -0.386. The molecule has 3 rings (SSSR count). The summed E-state index contributed by atoms with van der Waals surface area (Å²) < 4.78 is 10.3. The van der Waals surface area contributed by atoms with E-state index in [0.29, 0.717) is 11.5 Å². The van der Waals surface area contributed by atoms with Crippen molar-refractivity contribution in [2.45, 2.75) is 18.9 Å². The van der Waals surface area contributed by atoms with Gasteiger partial charge < -0.3 is 14.4 Å². The smallest absolute Gasteiger partial charge is 0.331 e. The van der Waals surface area contributed by atoms with Crippen LogP contribution in [0.1, 0.15) is 12.8 Å². The van der Waals surface area contributed by atoms with Crippen molar-refractivity contribution in [2.75, 3.05) is 32.2 Å². The molecule has 0 unspecified atom stereocenters. The summed E-state index contributed by atoms with van der Waals surface area (Å²) >= 11 is 0. The molecule has 0 radical (unpaired) electrons. The quantitative estimate of drug-likeness (QED) is 0.615. The van der Waals surface area contributed by atoms with Crippen LogP contribution in [0.3, 0.4) is 0 Å². The first kappa shape index (κ1) is 13.1. The molecule has 1 saturated carbocycles. The Balaban J connectivity index is 1.69. The average Bonchev–Trinajstić information content (AvgIpc) is 2.35. The molecule has 2 heterocycles. The molecule has 7 nitrogen and oxygen atoms in total. The summed E-state index contributed by atoms with van der Waals surface area (Å²) in [5.74, 6) is 0.802. The van der Waals surface area contributed by atoms with Crippen molar-refractivity contribution >= 4 is 11.5 Å². The Hall–Kier alpha value is -1.89. The first-order valence-electron chi connectivity index (χ1n) is 6.54. The Morgan fingerprint density at radius 3 is 2.65 bits per heavy atom. The van der Waals surface area contributed by atoms with Crippen molar-refractivity contribution in [1.82, 2.24) is 4.98 Å². The fourth-order valence-electron chi connectivity index (χ4n) is 3.15. The van der Waals surface area contributed by atoms with Gasteiger partial charge in [-0.25, -0.2) is 0 Å². The van der Waals surface area contributed by atoms with Crippen LogP contribution < -0.4 is 9.64 Å². The van der Waals surface area contributed by atoms with Crippen molar-refractivity contribution in [3.63, 3.8) is 0 Å². The molecule has 2 aliphatic rings. The number of pyridine rings is 1. The summed E-state index contributed by atoms with van der Waals surface area (Å²) in [4.78, 5) is 16.7. The molecule has 0 N–H and O–H groups in total. The van der Waals surface area contributed by atoms with Crippen LogP contribution in [0.4, 0.5) is 11.5 Å². The highest BCUT2D eigenvalue weighted by Gasteiger charge is 2.53. The number of methoxy groups -OCH3 is 2. The standard InChI is InChI=1S/C13H17N3O4/c1-19-9-5-13(6-9)7-15(8-13)11-4-3-10(16(17)18)12(14-11)20-2/h3-4,9H,5-8H2,1-2H3. The summed E-state index contributed by atoms with van der Waals surface area (Å²) in [5.41, 5.74) is 0.256. The molecule has 0 amide bonds. The molecular formula is C13H17N3O4. The zero-order chi connectivity index (χ0) is 14.3. The number of hydrogen-bond acceptors (Lipinski definition) is 6. The molecular weight excluding hydrogens is 262 g/mol. The minimum atomic E-state index is -0.484. The molecule has 1 aromatic rings. The number of nitrogens with zero attached hydrogens (tertiary/aromatic N) is 3. The van der Waals surface area contributed by atoms with Gasteiger partial charge in [-0.05, 0) is 18.9 Å². The molecule has 1 saturated heterocycles. The fourth-order valence-corrected chi connectivity index (χ4v) is 3.15. The zero-order valence-corrected chi connectivity index (χ0v) is 11.5. The number of hydrogen-bond donors (Lipinski definition) is 0. The van der Waals surface area contributed by atoms with E-state index < -0.39 is 4.92 Å². The maximum atomic E-state index is 10.8. The summed E-state index contributed by atoms with van der Waals surface area (Å²) in [5, 5.41) is 10.8. The van der Waals surface area contributed by atoms with Crippen molar-refractivity contribution in [2.24, 2.45) is 5.41 Å². The molecule has 1 spiro atoms. The van der Waals surface area contributed by atoms with Crippen molar-refractivity contribution < 1.29 is 14.4 Å². The Morgan fingerprint density at radius 1 is 1.40 bits per heavy atom. The van der Waals surface area contributed by atoms with Gasteiger partial charge in [0.1, 0.15) is 5.82 Å². The van der Waals surface area contributed by atoms with Crippen LogP contribution in [0, 0.1) is 15.5 Å². The SMILES string of the molecule is COc1nc(N2CC3(CC(OC)C3)C2)ccc1[N+](=O)[O-]. The van der Waals surface area contributed by atoms with Gasteiger partial charge >= 0.3 is 5.69 Å². The second kappa shape index (κ2) is 4.59. The van der Waals surface area contributed by atoms with E-state index in [1.807, 2.05) is 0 Å². The molecule has 0 bridgehead atoms. The Morgan fingerprint density at radius 2 is 2.10 bits per heavy atom. The van der Waals surface area contributed by atoms with Crippen molar-refractivity contribution in [3.05, 3.63) is 22.2 Å². The van der Waals surface area contributed by atoms with Gasteiger partial charge in [0.15, 0.2) is 0 Å². The number of nitro groups is 1. The first-order valence-corrected chi connectivity index (χ1v) is 6.54. The van der Waals surface area contributed by atoms with Crippen LogP contribution in [0.25, 0.3) is 0 Å². The minimum absolute atomic E-state index is 0.0665. The lowest BCUT2D eigenvalue weighted by Gasteiger charge is -2.58. The average molecular weight is 279 g/mol. The molecule has 0 atom stereocenters. The van der Waals surface area contributed by atoms with Gasteiger partial charge in [-0.1, -0.05) is 0 Å². The van der Waals surface area contributed by atoms with Gasteiger partial charge in [0.05, 0.1) is 18.1 Å². The van der Waals surface area contributed by atoms with E-state index >= 15 is 0 Å². The third kappa shape index (κ3) is 1.98. The monoisotopic (exact) mass is 279 g/mol. The fraction of sp³-hybridized carbons (Fsp3) is 0.615. The molecule has 7 heteroatoms. The van der Waals surface area contributed by atoms with Gasteiger partial charge in [-0.2, -0.15) is 4.98 Å². The summed E-state index contributed by atoms with van der Waals surface area (Å²) in [6.07, 6.45) is 2.56. The molecule has 1 aliphatic heterocycles. The van der Waals surface area contributed by atoms with Crippen LogP contribution in [0.15, 0.2) is 12.1 Å². The zero-order valence-electron chi connectivity index (χ0n) is 11.5. The van der Waals surface area contributed by atoms with Gasteiger partial charge in [0.2, 0.25) is 0 Å². The highest BCUT2D eigenvalue weighted by atomic mass is 16.6. The predicted octanol–water partition coefficient (Wildman–Crippen LogP) is 1.61. The van der Waals surface area contributed by atoms with E-state index in [1.54, 1.807) is 13.2 Å². The topological polar surface area (TPSA) is 77.7 Å². The second-order valence-electron chi connectivity index (χ2n) is 5.58. The lowest BCUT2D eigenvalue weighted by Crippen LogP contribution is -2.64. The third-order valence-electron chi connectivity index (χ3n) is 4.25. The van der Waals surface area contributed by atoms with Crippen LogP contribution in [0.5, 0.6) is 5.88 Å². The van der Waals surface area contributed by atoms with Gasteiger partial charge in [-0.3, -0.25) is 10.1 Å². The molecule has 1 aromatic heterocycles. The number of ether oxygens (including phenoxy) is 2. The summed E-state index contributed by atoms with van der Waals surface area (Å²) in [6, 6.07) is 3.13. The summed E-state index contributed by atoms with van der Waals surface area (Å²) in [7, 11) is 3.14. The molecule has 2 fully saturated rings. The Labute approximate surface area is 116 Å². The molecule has 1 aliphatic carbocycles. The van der Waals surface area contributed by atoms with E-state index in [4.69, 9.17) is 9.47 Å². The maximum Gasteiger partial charge on any atom is 0.331 e. The lowest BCUT2D eigenvalue weighted by atomic mass is 9.62. The van der Waals surface area contributed by atoms with E-state index in [2.05, 4.69) is 9.88 Å². The van der Waals surface area contributed by atoms with Gasteiger partial charge in [0.25, 0.3) is 5.88 Å². The Kier molecular flexibility index (Phi) is 3.01. The largest absolute Gasteiger partial charge is 0.476 e. The molecule has 0 aromatic carbocycles. The normalized spacial score (nSPS) is 20.4. The molecule has 20 heavy (non-hydrogen) atoms. The first-order chi connectivity index (χ1) is 9.57. The van der Waals surface area contributed by atoms with E-state index in [0.717, 1.165) is 31.7 Å². The van der Waals surface area contributed by atoms with Gasteiger partial charge in [-0.15, -0.1) is 0 Å².